The highest BCUT2D eigenvalue weighted by atomic mass is 16.2. The van der Waals surface area contributed by atoms with Crippen molar-refractivity contribution in [1.29, 1.82) is 0 Å². The molecule has 1 aromatic heterocycles. The first-order chi connectivity index (χ1) is 28.0. The van der Waals surface area contributed by atoms with Crippen LogP contribution < -0.4 is 38.5 Å². The van der Waals surface area contributed by atoms with Gasteiger partial charge in [-0.25, -0.2) is 0 Å². The molecule has 304 valence electrons. The Kier molecular flexibility index (Phi) is 15.7. The van der Waals surface area contributed by atoms with Gasteiger partial charge in [-0.05, 0) is 47.9 Å². The molecule has 0 saturated heterocycles. The second kappa shape index (κ2) is 21.5. The second-order valence-corrected chi connectivity index (χ2v) is 14.2. The Bertz CT molecular complexity index is 2040. The molecule has 16 nitrogen and oxygen atoms in total. The summed E-state index contributed by atoms with van der Waals surface area (Å²) in [5, 5.41) is 17.5. The highest BCUT2D eigenvalue weighted by molar-refractivity contribution is 6.28. The summed E-state index contributed by atoms with van der Waals surface area (Å²) in [6, 6.07) is 24.3. The third-order valence-electron chi connectivity index (χ3n) is 9.80. The van der Waals surface area contributed by atoms with E-state index in [1.807, 2.05) is 91.0 Å². The molecule has 5 rings (SSSR count). The minimum atomic E-state index is -1.13. The number of anilines is 1. The molecule has 1 aliphatic carbocycles. The molecule has 0 radical (unpaired) electrons. The molecule has 0 aliphatic heterocycles. The molecule has 1 saturated carbocycles. The predicted octanol–water partition coefficient (Wildman–Crippen LogP) is 2.80. The van der Waals surface area contributed by atoms with Gasteiger partial charge < -0.3 is 33.2 Å². The minimum Gasteiger partial charge on any atom is -0.370 e. The molecule has 1 aliphatic rings. The Balaban J connectivity index is 1.31. The standard InChI is InChI=1S/C42H51N11O5/c43-35(54)33(25-28-16-7-2-8-17-28)48-38(56)32(22-13-23-46-41(44)45)47-39(57)34(26-29-18-9-3-10-19-29)49-40(58)36-50-42(53-52-36)51-37(55)31(30-20-11-4-12-21-30)24-27-14-5-1-6-15-27/h1-2,4-8,11-12,14-17,20-21,24,29,32-34H,3,9-10,13,18-19,22-23,25-26H2,(H2,43,54)(H,47,57)(H,48,56)(H,49,58)(H4,44,45,46)(H2,50,51,52,53,55)/b31-24+/t32-,33-,34-/m0/s1. The lowest BCUT2D eigenvalue weighted by atomic mass is 9.84. The normalized spacial score (nSPS) is 14.6. The van der Waals surface area contributed by atoms with Gasteiger partial charge in [0.15, 0.2) is 5.96 Å². The largest absolute Gasteiger partial charge is 0.370 e. The fraction of sp³-hybridized carbons (Fsp3) is 0.333. The van der Waals surface area contributed by atoms with Gasteiger partial charge in [0.25, 0.3) is 11.8 Å². The van der Waals surface area contributed by atoms with E-state index in [-0.39, 0.29) is 43.0 Å². The van der Waals surface area contributed by atoms with Gasteiger partial charge >= 0.3 is 0 Å². The summed E-state index contributed by atoms with van der Waals surface area (Å²) in [5.74, 6) is -3.57. The van der Waals surface area contributed by atoms with Crippen LogP contribution in [0.4, 0.5) is 5.95 Å². The molecule has 58 heavy (non-hydrogen) atoms. The van der Waals surface area contributed by atoms with E-state index in [9.17, 15) is 24.0 Å². The van der Waals surface area contributed by atoms with E-state index >= 15 is 0 Å². The first-order valence-electron chi connectivity index (χ1n) is 19.4. The molecule has 1 fully saturated rings. The number of hydrogen-bond donors (Lipinski definition) is 8. The topological polar surface area (TPSA) is 265 Å². The predicted molar refractivity (Wildman–Crippen MR) is 221 cm³/mol. The Morgan fingerprint density at radius 1 is 0.776 bits per heavy atom. The number of amides is 5. The number of carbonyl (C=O) groups excluding carboxylic acids is 5. The number of nitrogens with two attached hydrogens (primary N) is 3. The van der Waals surface area contributed by atoms with Crippen molar-refractivity contribution in [3.8, 4) is 0 Å². The minimum absolute atomic E-state index is 0.115. The van der Waals surface area contributed by atoms with Crippen LogP contribution in [0.15, 0.2) is 96.0 Å². The summed E-state index contributed by atoms with van der Waals surface area (Å²) >= 11 is 0. The van der Waals surface area contributed by atoms with Crippen LogP contribution in [0.25, 0.3) is 11.6 Å². The summed E-state index contributed by atoms with van der Waals surface area (Å²) in [6.45, 7) is 0.187. The van der Waals surface area contributed by atoms with Crippen molar-refractivity contribution in [1.82, 2.24) is 31.1 Å². The van der Waals surface area contributed by atoms with E-state index in [1.54, 1.807) is 6.08 Å². The van der Waals surface area contributed by atoms with E-state index in [0.717, 1.165) is 43.2 Å². The summed E-state index contributed by atoms with van der Waals surface area (Å²) < 4.78 is 0. The quantitative estimate of drug-likeness (QED) is 0.0228. The van der Waals surface area contributed by atoms with Crippen molar-refractivity contribution >= 4 is 53.1 Å². The fourth-order valence-electron chi connectivity index (χ4n) is 6.81. The molecule has 0 bridgehead atoms. The maximum Gasteiger partial charge on any atom is 0.289 e. The lowest BCUT2D eigenvalue weighted by molar-refractivity contribution is -0.132. The zero-order valence-electron chi connectivity index (χ0n) is 32.2. The van der Waals surface area contributed by atoms with Gasteiger partial charge in [0.2, 0.25) is 29.5 Å². The first kappa shape index (κ1) is 42.3. The molecule has 0 spiro atoms. The number of primary amides is 1. The first-order valence-corrected chi connectivity index (χ1v) is 19.4. The number of nitrogens with zero attached hydrogens (tertiary/aromatic N) is 3. The Morgan fingerprint density at radius 3 is 2.05 bits per heavy atom. The van der Waals surface area contributed by atoms with Crippen molar-refractivity contribution in [2.24, 2.45) is 28.1 Å². The number of rotatable bonds is 19. The number of guanidine groups is 1. The van der Waals surface area contributed by atoms with Crippen LogP contribution in [-0.2, 0) is 25.6 Å². The van der Waals surface area contributed by atoms with E-state index in [4.69, 9.17) is 17.2 Å². The maximum atomic E-state index is 14.1. The number of aromatic amines is 1. The van der Waals surface area contributed by atoms with Crippen LogP contribution in [0.3, 0.4) is 0 Å². The lowest BCUT2D eigenvalue weighted by Crippen LogP contribution is -2.57. The van der Waals surface area contributed by atoms with Crippen LogP contribution in [0.2, 0.25) is 0 Å². The highest BCUT2D eigenvalue weighted by Crippen LogP contribution is 2.28. The van der Waals surface area contributed by atoms with Crippen LogP contribution >= 0.6 is 0 Å². The van der Waals surface area contributed by atoms with Crippen molar-refractivity contribution < 1.29 is 24.0 Å². The van der Waals surface area contributed by atoms with Crippen molar-refractivity contribution in [3.05, 3.63) is 114 Å². The number of aliphatic imine (C=N–C) groups is 1. The lowest BCUT2D eigenvalue weighted by Gasteiger charge is -2.28. The smallest absolute Gasteiger partial charge is 0.289 e. The van der Waals surface area contributed by atoms with Crippen LogP contribution in [0, 0.1) is 5.92 Å². The third-order valence-corrected chi connectivity index (χ3v) is 9.80. The monoisotopic (exact) mass is 789 g/mol. The molecule has 5 amide bonds. The molecule has 0 unspecified atom stereocenters. The zero-order chi connectivity index (χ0) is 41.3. The van der Waals surface area contributed by atoms with E-state index in [0.29, 0.717) is 24.0 Å². The SMILES string of the molecule is NC(=O)[C@H](Cc1ccccc1)NC(=O)[C@H](CCCN=C(N)N)NC(=O)[C@H](CC1CCCCC1)NC(=O)c1nc(NC(=O)/C(=C/c2ccccc2)c2ccccc2)n[nH]1. The summed E-state index contributed by atoms with van der Waals surface area (Å²) in [7, 11) is 0. The van der Waals surface area contributed by atoms with Crippen molar-refractivity contribution in [2.45, 2.75) is 75.9 Å². The molecule has 3 atom stereocenters. The van der Waals surface area contributed by atoms with E-state index in [2.05, 4.69) is 41.4 Å². The van der Waals surface area contributed by atoms with Gasteiger partial charge in [-0.2, -0.15) is 4.98 Å². The van der Waals surface area contributed by atoms with Crippen LogP contribution in [0.5, 0.6) is 0 Å². The molecule has 3 aromatic carbocycles. The third kappa shape index (κ3) is 13.1. The highest BCUT2D eigenvalue weighted by Gasteiger charge is 2.32. The number of aromatic nitrogens is 3. The van der Waals surface area contributed by atoms with E-state index < -0.39 is 47.7 Å². The Hall–Kier alpha value is -6.84. The number of H-pyrrole nitrogens is 1. The fourth-order valence-corrected chi connectivity index (χ4v) is 6.81. The number of benzene rings is 3. The Morgan fingerprint density at radius 2 is 1.40 bits per heavy atom. The molecule has 1 heterocycles. The molecule has 16 heteroatoms. The molecule has 4 aromatic rings. The van der Waals surface area contributed by atoms with Gasteiger partial charge in [-0.15, -0.1) is 5.10 Å². The molecular formula is C42H51N11O5. The van der Waals surface area contributed by atoms with Crippen LogP contribution in [-0.4, -0.2) is 75.3 Å². The number of hydrogen-bond acceptors (Lipinski definition) is 8. The maximum absolute atomic E-state index is 14.1. The average Bonchev–Trinajstić information content (AvgIpc) is 3.70. The number of carbonyl (C=O) groups is 5. The van der Waals surface area contributed by atoms with Gasteiger partial charge in [0.05, 0.1) is 0 Å². The summed E-state index contributed by atoms with van der Waals surface area (Å²) in [4.78, 5) is 75.7. The summed E-state index contributed by atoms with van der Waals surface area (Å²) in [6.07, 6.45) is 7.45. The molecular weight excluding hydrogens is 739 g/mol. The summed E-state index contributed by atoms with van der Waals surface area (Å²) in [5.41, 5.74) is 19.3. The van der Waals surface area contributed by atoms with Gasteiger partial charge in [0, 0.05) is 18.5 Å². The van der Waals surface area contributed by atoms with Crippen molar-refractivity contribution in [2.75, 3.05) is 11.9 Å². The molecule has 11 N–H and O–H groups in total. The van der Waals surface area contributed by atoms with Gasteiger partial charge in [-0.1, -0.05) is 123 Å². The average molecular weight is 790 g/mol. The van der Waals surface area contributed by atoms with Crippen molar-refractivity contribution in [3.63, 3.8) is 0 Å². The Labute approximate surface area is 336 Å². The zero-order valence-corrected chi connectivity index (χ0v) is 32.2. The second-order valence-electron chi connectivity index (χ2n) is 14.2. The number of nitrogens with one attached hydrogen (secondary N) is 5. The van der Waals surface area contributed by atoms with Gasteiger partial charge in [0.1, 0.15) is 18.1 Å². The van der Waals surface area contributed by atoms with Crippen LogP contribution in [0.1, 0.15) is 78.7 Å². The van der Waals surface area contributed by atoms with Gasteiger partial charge in [-0.3, -0.25) is 39.4 Å². The van der Waals surface area contributed by atoms with E-state index in [1.165, 1.54) is 0 Å².